The summed E-state index contributed by atoms with van der Waals surface area (Å²) in [6.07, 6.45) is 1.49. The molecular formula is C19H23N3O3S. The average Bonchev–Trinajstić information content (AvgIpc) is 3.16. The first-order chi connectivity index (χ1) is 12.4. The number of carbonyl (C=O) groups excluding carboxylic acids is 2. The minimum atomic E-state index is 0.0848. The van der Waals surface area contributed by atoms with Gasteiger partial charge in [-0.3, -0.25) is 9.59 Å². The van der Waals surface area contributed by atoms with E-state index in [0.717, 1.165) is 40.8 Å². The monoisotopic (exact) mass is 373 g/mol. The highest BCUT2D eigenvalue weighted by atomic mass is 32.2. The molecule has 138 valence electrons. The topological polar surface area (TPSA) is 76.3 Å². The lowest BCUT2D eigenvalue weighted by Gasteiger charge is -2.15. The number of aryl methyl sites for hydroxylation is 2. The number of Topliss-reactive ketones (excluding diaryl/α,β-unsaturated/α-hetero) is 1. The van der Waals surface area contributed by atoms with Crippen LogP contribution in [-0.2, 0) is 17.1 Å². The number of thioether (sulfide) groups is 1. The molecule has 7 heteroatoms. The van der Waals surface area contributed by atoms with E-state index in [1.54, 1.807) is 11.8 Å². The first-order valence-electron chi connectivity index (χ1n) is 8.70. The summed E-state index contributed by atoms with van der Waals surface area (Å²) in [6, 6.07) is 2.05. The number of benzene rings is 1. The van der Waals surface area contributed by atoms with Crippen LogP contribution < -0.4 is 0 Å². The third-order valence-corrected chi connectivity index (χ3v) is 5.61. The number of aromatic nitrogens is 2. The molecule has 3 rings (SSSR count). The Balaban J connectivity index is 1.71. The van der Waals surface area contributed by atoms with Gasteiger partial charge in [-0.15, -0.1) is 10.2 Å². The van der Waals surface area contributed by atoms with Gasteiger partial charge in [-0.1, -0.05) is 17.8 Å². The molecular weight excluding hydrogens is 350 g/mol. The van der Waals surface area contributed by atoms with E-state index in [4.69, 9.17) is 4.42 Å². The maximum atomic E-state index is 11.9. The van der Waals surface area contributed by atoms with Gasteiger partial charge in [-0.05, 0) is 56.4 Å². The van der Waals surface area contributed by atoms with Gasteiger partial charge in [0.1, 0.15) is 0 Å². The highest BCUT2D eigenvalue weighted by molar-refractivity contribution is 7.98. The fourth-order valence-corrected chi connectivity index (χ4v) is 4.48. The third kappa shape index (κ3) is 3.82. The van der Waals surface area contributed by atoms with Crippen LogP contribution in [0.1, 0.15) is 58.3 Å². The van der Waals surface area contributed by atoms with Crippen molar-refractivity contribution in [3.8, 4) is 0 Å². The van der Waals surface area contributed by atoms with Crippen LogP contribution in [0.3, 0.4) is 0 Å². The van der Waals surface area contributed by atoms with Crippen molar-refractivity contribution in [2.24, 2.45) is 0 Å². The van der Waals surface area contributed by atoms with Crippen molar-refractivity contribution in [2.75, 3.05) is 6.54 Å². The Kier molecular flexibility index (Phi) is 5.46. The number of rotatable bonds is 6. The molecule has 1 saturated heterocycles. The van der Waals surface area contributed by atoms with E-state index in [-0.39, 0.29) is 11.7 Å². The van der Waals surface area contributed by atoms with Gasteiger partial charge in [0.05, 0.1) is 6.54 Å². The van der Waals surface area contributed by atoms with Crippen LogP contribution in [0.25, 0.3) is 0 Å². The van der Waals surface area contributed by atoms with Gasteiger partial charge in [0.25, 0.3) is 5.22 Å². The fourth-order valence-electron chi connectivity index (χ4n) is 3.52. The highest BCUT2D eigenvalue weighted by Crippen LogP contribution is 2.29. The first-order valence-corrected chi connectivity index (χ1v) is 9.69. The van der Waals surface area contributed by atoms with Crippen molar-refractivity contribution >= 4 is 23.5 Å². The zero-order valence-corrected chi connectivity index (χ0v) is 16.4. The molecule has 1 fully saturated rings. The van der Waals surface area contributed by atoms with Gasteiger partial charge >= 0.3 is 0 Å². The fraction of sp³-hybridized carbons (Fsp3) is 0.474. The molecule has 6 nitrogen and oxygen atoms in total. The van der Waals surface area contributed by atoms with Crippen LogP contribution in [0.5, 0.6) is 0 Å². The number of amides is 1. The summed E-state index contributed by atoms with van der Waals surface area (Å²) in [6.45, 7) is 8.74. The molecule has 0 radical (unpaired) electrons. The van der Waals surface area contributed by atoms with Crippen LogP contribution in [0.4, 0.5) is 0 Å². The molecule has 0 aliphatic carbocycles. The second-order valence-electron chi connectivity index (χ2n) is 6.71. The maximum Gasteiger partial charge on any atom is 0.276 e. The molecule has 1 amide bonds. The molecule has 0 unspecified atom stereocenters. The largest absolute Gasteiger partial charge is 0.414 e. The van der Waals surface area contributed by atoms with E-state index < -0.39 is 0 Å². The SMILES string of the molecule is CC(=O)c1c(C)cc(C)c(CSc2nnc(CN3CCCC3=O)o2)c1C. The van der Waals surface area contributed by atoms with E-state index in [0.29, 0.717) is 29.8 Å². The molecule has 2 aromatic rings. The van der Waals surface area contributed by atoms with Gasteiger partial charge in [0.2, 0.25) is 11.8 Å². The number of ketones is 1. The van der Waals surface area contributed by atoms with Crippen LogP contribution in [-0.4, -0.2) is 33.3 Å². The van der Waals surface area contributed by atoms with Gasteiger partial charge in [-0.25, -0.2) is 0 Å². The highest BCUT2D eigenvalue weighted by Gasteiger charge is 2.22. The van der Waals surface area contributed by atoms with Gasteiger partial charge in [0, 0.05) is 24.3 Å². The Morgan fingerprint density at radius 1 is 1.27 bits per heavy atom. The number of likely N-dealkylation sites (tertiary alicyclic amines) is 1. The molecule has 0 saturated carbocycles. The van der Waals surface area contributed by atoms with Gasteiger partial charge in [0.15, 0.2) is 5.78 Å². The van der Waals surface area contributed by atoms with Crippen molar-refractivity contribution in [3.05, 3.63) is 39.8 Å². The van der Waals surface area contributed by atoms with Gasteiger partial charge < -0.3 is 9.32 Å². The second-order valence-corrected chi connectivity index (χ2v) is 7.64. The number of carbonyl (C=O) groups is 2. The predicted octanol–water partition coefficient (Wildman–Crippen LogP) is 3.61. The van der Waals surface area contributed by atoms with Crippen molar-refractivity contribution in [1.29, 1.82) is 0 Å². The summed E-state index contributed by atoms with van der Waals surface area (Å²) in [5, 5.41) is 8.60. The lowest BCUT2D eigenvalue weighted by atomic mass is 9.92. The van der Waals surface area contributed by atoms with Crippen LogP contribution in [0.2, 0.25) is 0 Å². The van der Waals surface area contributed by atoms with Crippen molar-refractivity contribution in [3.63, 3.8) is 0 Å². The number of hydrogen-bond donors (Lipinski definition) is 0. The summed E-state index contributed by atoms with van der Waals surface area (Å²) in [7, 11) is 0. The average molecular weight is 373 g/mol. The molecule has 1 aromatic carbocycles. The van der Waals surface area contributed by atoms with Gasteiger partial charge in [-0.2, -0.15) is 0 Å². The van der Waals surface area contributed by atoms with E-state index >= 15 is 0 Å². The summed E-state index contributed by atoms with van der Waals surface area (Å²) < 4.78 is 5.68. The summed E-state index contributed by atoms with van der Waals surface area (Å²) >= 11 is 1.45. The molecule has 2 heterocycles. The molecule has 0 atom stereocenters. The Hall–Kier alpha value is -2.15. The molecule has 1 aliphatic heterocycles. The first kappa shape index (κ1) is 18.6. The number of hydrogen-bond acceptors (Lipinski definition) is 6. The molecule has 1 aliphatic rings. The Morgan fingerprint density at radius 2 is 2.04 bits per heavy atom. The minimum absolute atomic E-state index is 0.0848. The Morgan fingerprint density at radius 3 is 2.69 bits per heavy atom. The van der Waals surface area contributed by atoms with Crippen LogP contribution in [0.15, 0.2) is 15.7 Å². The maximum absolute atomic E-state index is 11.9. The van der Waals surface area contributed by atoms with Crippen molar-refractivity contribution < 1.29 is 14.0 Å². The zero-order valence-electron chi connectivity index (χ0n) is 15.6. The summed E-state index contributed by atoms with van der Waals surface area (Å²) in [4.78, 5) is 25.4. The zero-order chi connectivity index (χ0) is 18.8. The molecule has 0 spiro atoms. The number of nitrogens with zero attached hydrogens (tertiary/aromatic N) is 3. The van der Waals surface area contributed by atoms with Crippen molar-refractivity contribution in [1.82, 2.24) is 15.1 Å². The molecule has 0 N–H and O–H groups in total. The van der Waals surface area contributed by atoms with E-state index in [1.165, 1.54) is 11.8 Å². The standard InChI is InChI=1S/C19H23N3O3S/c1-11-8-12(2)18(14(4)23)13(3)15(11)10-26-19-21-20-16(25-19)9-22-7-5-6-17(22)24/h8H,5-7,9-10H2,1-4H3. The third-order valence-electron chi connectivity index (χ3n) is 4.77. The molecule has 26 heavy (non-hydrogen) atoms. The van der Waals surface area contributed by atoms with E-state index in [9.17, 15) is 9.59 Å². The summed E-state index contributed by atoms with van der Waals surface area (Å²) in [5.41, 5.74) is 5.10. The summed E-state index contributed by atoms with van der Waals surface area (Å²) in [5.74, 6) is 1.34. The quantitative estimate of drug-likeness (QED) is 0.569. The van der Waals surface area contributed by atoms with Crippen LogP contribution in [0, 0.1) is 20.8 Å². The van der Waals surface area contributed by atoms with E-state index in [2.05, 4.69) is 23.2 Å². The lowest BCUT2D eigenvalue weighted by Crippen LogP contribution is -2.23. The molecule has 1 aromatic heterocycles. The smallest absolute Gasteiger partial charge is 0.276 e. The minimum Gasteiger partial charge on any atom is -0.414 e. The predicted molar refractivity (Wildman–Crippen MR) is 99.2 cm³/mol. The van der Waals surface area contributed by atoms with E-state index in [1.807, 2.05) is 13.8 Å². The lowest BCUT2D eigenvalue weighted by molar-refractivity contribution is -0.128. The molecule has 0 bridgehead atoms. The second kappa shape index (κ2) is 7.61. The Labute approximate surface area is 157 Å². The van der Waals surface area contributed by atoms with Crippen molar-refractivity contribution in [2.45, 2.75) is 58.1 Å². The van der Waals surface area contributed by atoms with Crippen LogP contribution >= 0.6 is 11.8 Å². The normalized spacial score (nSPS) is 14.3. The Bertz CT molecular complexity index is 860.